The van der Waals surface area contributed by atoms with Gasteiger partial charge in [-0.2, -0.15) is 0 Å². The molecule has 1 N–H and O–H groups in total. The van der Waals surface area contributed by atoms with Crippen LogP contribution in [0.5, 0.6) is 0 Å². The first-order chi connectivity index (χ1) is 8.74. The van der Waals surface area contributed by atoms with Crippen molar-refractivity contribution >= 4 is 0 Å². The summed E-state index contributed by atoms with van der Waals surface area (Å²) in [5.74, 6) is 0. The van der Waals surface area contributed by atoms with E-state index in [1.165, 1.54) is 12.8 Å². The molecule has 0 bridgehead atoms. The van der Waals surface area contributed by atoms with Crippen LogP contribution >= 0.6 is 0 Å². The van der Waals surface area contributed by atoms with Gasteiger partial charge in [0, 0.05) is 31.0 Å². The van der Waals surface area contributed by atoms with Crippen molar-refractivity contribution in [1.29, 1.82) is 0 Å². The van der Waals surface area contributed by atoms with E-state index in [4.69, 9.17) is 4.74 Å². The van der Waals surface area contributed by atoms with Crippen LogP contribution in [0.25, 0.3) is 0 Å². The Morgan fingerprint density at radius 2 is 2.33 bits per heavy atom. The van der Waals surface area contributed by atoms with Crippen molar-refractivity contribution in [2.24, 2.45) is 0 Å². The van der Waals surface area contributed by atoms with E-state index < -0.39 is 0 Å². The molecule has 18 heavy (non-hydrogen) atoms. The third kappa shape index (κ3) is 3.30. The molecule has 0 aliphatic carbocycles. The number of nitrogens with zero attached hydrogens (tertiary/aromatic N) is 1. The lowest BCUT2D eigenvalue weighted by molar-refractivity contribution is -0.0882. The minimum atomic E-state index is -0.0498. The van der Waals surface area contributed by atoms with Gasteiger partial charge in [-0.1, -0.05) is 13.0 Å². The Bertz CT molecular complexity index is 347. The van der Waals surface area contributed by atoms with Crippen LogP contribution < -0.4 is 5.32 Å². The topological polar surface area (TPSA) is 34.2 Å². The fourth-order valence-electron chi connectivity index (χ4n) is 2.71. The Balaban J connectivity index is 2.07. The summed E-state index contributed by atoms with van der Waals surface area (Å²) in [5, 5.41) is 3.58. The number of aromatic nitrogens is 1. The maximum Gasteiger partial charge on any atom is 0.0810 e. The normalized spacial score (nSPS) is 25.9. The Morgan fingerprint density at radius 3 is 2.94 bits per heavy atom. The molecule has 100 valence electrons. The summed E-state index contributed by atoms with van der Waals surface area (Å²) >= 11 is 0. The van der Waals surface area contributed by atoms with E-state index in [1.807, 2.05) is 12.3 Å². The van der Waals surface area contributed by atoms with Gasteiger partial charge in [0.2, 0.25) is 0 Å². The van der Waals surface area contributed by atoms with Gasteiger partial charge in [-0.25, -0.2) is 0 Å². The van der Waals surface area contributed by atoms with Gasteiger partial charge in [-0.3, -0.25) is 4.98 Å². The van der Waals surface area contributed by atoms with Gasteiger partial charge < -0.3 is 10.1 Å². The maximum absolute atomic E-state index is 6.06. The highest BCUT2D eigenvalue weighted by atomic mass is 16.5. The highest BCUT2D eigenvalue weighted by molar-refractivity contribution is 5.08. The van der Waals surface area contributed by atoms with E-state index in [0.717, 1.165) is 31.7 Å². The highest BCUT2D eigenvalue weighted by Crippen LogP contribution is 2.29. The second kappa shape index (κ2) is 6.30. The molecule has 1 fully saturated rings. The maximum atomic E-state index is 6.06. The number of nitrogens with one attached hydrogen (secondary N) is 1. The molecule has 0 radical (unpaired) electrons. The molecule has 1 aliphatic heterocycles. The molecule has 0 aromatic carbocycles. The van der Waals surface area contributed by atoms with Gasteiger partial charge in [0.05, 0.1) is 5.60 Å². The molecule has 2 unspecified atom stereocenters. The molecule has 2 atom stereocenters. The Morgan fingerprint density at radius 1 is 1.44 bits per heavy atom. The van der Waals surface area contributed by atoms with Gasteiger partial charge in [0.15, 0.2) is 0 Å². The van der Waals surface area contributed by atoms with Gasteiger partial charge in [0.25, 0.3) is 0 Å². The minimum absolute atomic E-state index is 0.0498. The van der Waals surface area contributed by atoms with Crippen molar-refractivity contribution in [3.8, 4) is 0 Å². The van der Waals surface area contributed by atoms with Crippen molar-refractivity contribution in [2.75, 3.05) is 13.2 Å². The van der Waals surface area contributed by atoms with E-state index in [1.54, 1.807) is 0 Å². The summed E-state index contributed by atoms with van der Waals surface area (Å²) in [6.07, 6.45) is 6.39. The average Bonchev–Trinajstić information content (AvgIpc) is 2.40. The first kappa shape index (κ1) is 13.5. The molecule has 1 aliphatic rings. The molecule has 3 heteroatoms. The zero-order valence-corrected chi connectivity index (χ0v) is 11.5. The van der Waals surface area contributed by atoms with Crippen molar-refractivity contribution in [3.05, 3.63) is 30.1 Å². The van der Waals surface area contributed by atoms with Crippen LogP contribution in [0.2, 0.25) is 0 Å². The largest absolute Gasteiger partial charge is 0.374 e. The lowest BCUT2D eigenvalue weighted by Crippen LogP contribution is -2.53. The fourth-order valence-corrected chi connectivity index (χ4v) is 2.71. The molecule has 1 aromatic heterocycles. The summed E-state index contributed by atoms with van der Waals surface area (Å²) in [6, 6.07) is 6.45. The zero-order valence-electron chi connectivity index (χ0n) is 11.5. The van der Waals surface area contributed by atoms with E-state index in [9.17, 15) is 0 Å². The van der Waals surface area contributed by atoms with Crippen molar-refractivity contribution in [1.82, 2.24) is 10.3 Å². The van der Waals surface area contributed by atoms with Gasteiger partial charge in [-0.05, 0) is 44.9 Å². The summed E-state index contributed by atoms with van der Waals surface area (Å²) in [7, 11) is 0. The lowest BCUT2D eigenvalue weighted by atomic mass is 9.85. The molecule has 0 saturated carbocycles. The number of hydrogen-bond acceptors (Lipinski definition) is 3. The number of ether oxygens (including phenoxy) is 1. The molecule has 2 heterocycles. The number of rotatable bonds is 5. The molecule has 1 aromatic rings. The van der Waals surface area contributed by atoms with E-state index >= 15 is 0 Å². The van der Waals surface area contributed by atoms with Crippen molar-refractivity contribution < 1.29 is 4.74 Å². The van der Waals surface area contributed by atoms with Crippen LogP contribution in [0.15, 0.2) is 24.4 Å². The van der Waals surface area contributed by atoms with Crippen molar-refractivity contribution in [3.63, 3.8) is 0 Å². The van der Waals surface area contributed by atoms with Gasteiger partial charge in [-0.15, -0.1) is 0 Å². The SMILES string of the molecule is CCNC(Cc1ccccn1)C1(C)CCCCO1. The minimum Gasteiger partial charge on any atom is -0.374 e. The summed E-state index contributed by atoms with van der Waals surface area (Å²) in [4.78, 5) is 4.43. The highest BCUT2D eigenvalue weighted by Gasteiger charge is 2.36. The average molecular weight is 248 g/mol. The molecule has 2 rings (SSSR count). The smallest absolute Gasteiger partial charge is 0.0810 e. The zero-order chi connectivity index (χ0) is 12.8. The molecule has 0 spiro atoms. The second-order valence-corrected chi connectivity index (χ2v) is 5.25. The van der Waals surface area contributed by atoms with Gasteiger partial charge >= 0.3 is 0 Å². The van der Waals surface area contributed by atoms with Crippen molar-refractivity contribution in [2.45, 2.75) is 51.2 Å². The Labute approximate surface area is 110 Å². The predicted octanol–water partition coefficient (Wildman–Crippen LogP) is 2.56. The summed E-state index contributed by atoms with van der Waals surface area (Å²) in [5.41, 5.74) is 1.09. The van der Waals surface area contributed by atoms with Crippen LogP contribution in [0.1, 0.15) is 38.8 Å². The van der Waals surface area contributed by atoms with Crippen LogP contribution in [-0.2, 0) is 11.2 Å². The third-order valence-electron chi connectivity index (χ3n) is 3.83. The van der Waals surface area contributed by atoms with E-state index in [2.05, 4.69) is 36.3 Å². The molecule has 0 amide bonds. The molecule has 3 nitrogen and oxygen atoms in total. The van der Waals surface area contributed by atoms with Crippen LogP contribution in [0, 0.1) is 0 Å². The quantitative estimate of drug-likeness (QED) is 0.869. The second-order valence-electron chi connectivity index (χ2n) is 5.25. The first-order valence-corrected chi connectivity index (χ1v) is 7.02. The van der Waals surface area contributed by atoms with E-state index in [0.29, 0.717) is 6.04 Å². The Hall–Kier alpha value is -0.930. The lowest BCUT2D eigenvalue weighted by Gasteiger charge is -2.41. The fraction of sp³-hybridized carbons (Fsp3) is 0.667. The molecule has 1 saturated heterocycles. The molecular weight excluding hydrogens is 224 g/mol. The summed E-state index contributed by atoms with van der Waals surface area (Å²) < 4.78 is 6.06. The van der Waals surface area contributed by atoms with Crippen LogP contribution in [0.3, 0.4) is 0 Å². The predicted molar refractivity (Wildman–Crippen MR) is 73.6 cm³/mol. The third-order valence-corrected chi connectivity index (χ3v) is 3.83. The standard InChI is InChI=1S/C15H24N2O/c1-3-16-14(12-13-8-4-6-10-17-13)15(2)9-5-7-11-18-15/h4,6,8,10,14,16H,3,5,7,9,11-12H2,1-2H3. The van der Waals surface area contributed by atoms with Crippen LogP contribution in [0.4, 0.5) is 0 Å². The number of likely N-dealkylation sites (N-methyl/N-ethyl adjacent to an activating group) is 1. The van der Waals surface area contributed by atoms with Gasteiger partial charge in [0.1, 0.15) is 0 Å². The monoisotopic (exact) mass is 248 g/mol. The summed E-state index contributed by atoms with van der Waals surface area (Å²) in [6.45, 7) is 6.25. The molecular formula is C15H24N2O. The first-order valence-electron chi connectivity index (χ1n) is 7.02. The van der Waals surface area contributed by atoms with E-state index in [-0.39, 0.29) is 5.60 Å². The Kier molecular flexibility index (Phi) is 4.72. The number of pyridine rings is 1. The number of hydrogen-bond donors (Lipinski definition) is 1. The van der Waals surface area contributed by atoms with Crippen LogP contribution in [-0.4, -0.2) is 29.8 Å².